The second kappa shape index (κ2) is 7.90. The van der Waals surface area contributed by atoms with E-state index >= 15 is 0 Å². The first kappa shape index (κ1) is 18.9. The molecule has 0 unspecified atom stereocenters. The summed E-state index contributed by atoms with van der Waals surface area (Å²) in [5.74, 6) is 0.642. The summed E-state index contributed by atoms with van der Waals surface area (Å²) >= 11 is 0. The minimum atomic E-state index is -0.257. The Balaban J connectivity index is 1.41. The van der Waals surface area contributed by atoms with Gasteiger partial charge in [0.05, 0.1) is 7.11 Å². The number of carbonyl (C=O) groups is 2. The Hall–Kier alpha value is -3.42. The number of pyridine rings is 1. The smallest absolute Gasteiger partial charge is 0.273 e. The van der Waals surface area contributed by atoms with E-state index in [4.69, 9.17) is 9.26 Å². The van der Waals surface area contributed by atoms with E-state index < -0.39 is 0 Å². The van der Waals surface area contributed by atoms with Crippen LogP contribution in [0, 0.1) is 6.92 Å². The average molecular weight is 394 g/mol. The number of methoxy groups -OCH3 is 1. The first-order valence-corrected chi connectivity index (χ1v) is 9.52. The zero-order chi connectivity index (χ0) is 20.4. The van der Waals surface area contributed by atoms with Crippen molar-refractivity contribution in [2.24, 2.45) is 0 Å². The van der Waals surface area contributed by atoms with E-state index in [-0.39, 0.29) is 23.6 Å². The lowest BCUT2D eigenvalue weighted by molar-refractivity contribution is 0.0691. The molecule has 1 saturated heterocycles. The molecule has 1 aliphatic rings. The quantitative estimate of drug-likeness (QED) is 0.730. The van der Waals surface area contributed by atoms with Crippen LogP contribution in [-0.2, 0) is 0 Å². The van der Waals surface area contributed by atoms with Gasteiger partial charge in [-0.15, -0.1) is 0 Å². The van der Waals surface area contributed by atoms with Crippen LogP contribution in [-0.4, -0.2) is 53.1 Å². The van der Waals surface area contributed by atoms with Crippen LogP contribution in [0.4, 0.5) is 0 Å². The number of fused-ring (bicyclic) bond motifs is 1. The second-order valence-corrected chi connectivity index (χ2v) is 7.10. The summed E-state index contributed by atoms with van der Waals surface area (Å²) in [4.78, 5) is 31.3. The van der Waals surface area contributed by atoms with Gasteiger partial charge in [0.2, 0.25) is 5.88 Å². The third-order valence-corrected chi connectivity index (χ3v) is 5.10. The summed E-state index contributed by atoms with van der Waals surface area (Å²) in [6.45, 7) is 2.82. The topological polar surface area (TPSA) is 97.6 Å². The number of amides is 2. The maximum atomic E-state index is 13.0. The monoisotopic (exact) mass is 394 g/mol. The van der Waals surface area contributed by atoms with Crippen LogP contribution in [0.3, 0.4) is 0 Å². The maximum absolute atomic E-state index is 13.0. The lowest BCUT2D eigenvalue weighted by atomic mass is 10.0. The van der Waals surface area contributed by atoms with Gasteiger partial charge in [0.15, 0.2) is 5.69 Å². The molecule has 0 bridgehead atoms. The molecule has 1 N–H and O–H groups in total. The first-order chi connectivity index (χ1) is 14.0. The normalized spacial score (nSPS) is 14.8. The number of nitrogens with zero attached hydrogens (tertiary/aromatic N) is 3. The third kappa shape index (κ3) is 3.91. The minimum absolute atomic E-state index is 0.0114. The van der Waals surface area contributed by atoms with Gasteiger partial charge in [0, 0.05) is 30.6 Å². The highest BCUT2D eigenvalue weighted by Crippen LogP contribution is 2.25. The Labute approximate surface area is 167 Å². The third-order valence-electron chi connectivity index (χ3n) is 5.10. The lowest BCUT2D eigenvalue weighted by Crippen LogP contribution is -2.46. The summed E-state index contributed by atoms with van der Waals surface area (Å²) in [5.41, 5.74) is 0.634. The van der Waals surface area contributed by atoms with Crippen molar-refractivity contribution >= 4 is 22.6 Å². The Bertz CT molecular complexity index is 1050. The first-order valence-electron chi connectivity index (χ1n) is 9.52. The fraction of sp³-hybridized carbons (Fsp3) is 0.333. The molecule has 0 atom stereocenters. The van der Waals surface area contributed by atoms with Gasteiger partial charge in [-0.25, -0.2) is 4.98 Å². The van der Waals surface area contributed by atoms with Crippen LogP contribution in [0.25, 0.3) is 10.8 Å². The second-order valence-electron chi connectivity index (χ2n) is 7.10. The van der Waals surface area contributed by atoms with E-state index in [1.54, 1.807) is 31.1 Å². The molecular weight excluding hydrogens is 372 g/mol. The molecule has 3 heterocycles. The van der Waals surface area contributed by atoms with Crippen molar-refractivity contribution in [3.8, 4) is 5.88 Å². The molecule has 2 aromatic heterocycles. The summed E-state index contributed by atoms with van der Waals surface area (Å²) < 4.78 is 10.3. The molecule has 1 aliphatic heterocycles. The molecule has 8 heteroatoms. The average Bonchev–Trinajstić information content (AvgIpc) is 3.19. The summed E-state index contributed by atoms with van der Waals surface area (Å²) in [6.07, 6.45) is 1.33. The fourth-order valence-electron chi connectivity index (χ4n) is 3.55. The number of nitrogens with one attached hydrogen (secondary N) is 1. The van der Waals surface area contributed by atoms with Gasteiger partial charge >= 0.3 is 0 Å². The van der Waals surface area contributed by atoms with Crippen LogP contribution >= 0.6 is 0 Å². The highest BCUT2D eigenvalue weighted by atomic mass is 16.5. The van der Waals surface area contributed by atoms with Gasteiger partial charge in [-0.1, -0.05) is 23.4 Å². The minimum Gasteiger partial charge on any atom is -0.481 e. The molecule has 29 heavy (non-hydrogen) atoms. The number of piperidine rings is 1. The van der Waals surface area contributed by atoms with Crippen molar-refractivity contribution in [1.82, 2.24) is 20.4 Å². The Morgan fingerprint density at radius 1 is 1.17 bits per heavy atom. The molecule has 3 aromatic rings. The molecule has 1 aromatic carbocycles. The Kier molecular flexibility index (Phi) is 5.16. The molecule has 0 saturated carbocycles. The largest absolute Gasteiger partial charge is 0.481 e. The van der Waals surface area contributed by atoms with Crippen molar-refractivity contribution in [2.75, 3.05) is 20.2 Å². The van der Waals surface area contributed by atoms with Gasteiger partial charge in [-0.2, -0.15) is 0 Å². The van der Waals surface area contributed by atoms with Crippen molar-refractivity contribution in [3.63, 3.8) is 0 Å². The van der Waals surface area contributed by atoms with Crippen LogP contribution in [0.2, 0.25) is 0 Å². The van der Waals surface area contributed by atoms with Crippen LogP contribution < -0.4 is 10.1 Å². The van der Waals surface area contributed by atoms with E-state index in [1.807, 2.05) is 24.3 Å². The summed E-state index contributed by atoms with van der Waals surface area (Å²) in [6, 6.07) is 11.1. The van der Waals surface area contributed by atoms with Gasteiger partial charge in [-0.3, -0.25) is 9.59 Å². The number of aryl methyl sites for hydroxylation is 1. The van der Waals surface area contributed by atoms with Crippen molar-refractivity contribution in [1.29, 1.82) is 0 Å². The molecule has 8 nitrogen and oxygen atoms in total. The zero-order valence-electron chi connectivity index (χ0n) is 16.3. The van der Waals surface area contributed by atoms with Crippen LogP contribution in [0.5, 0.6) is 5.88 Å². The van der Waals surface area contributed by atoms with E-state index in [9.17, 15) is 9.59 Å². The number of aromatic nitrogens is 2. The van der Waals surface area contributed by atoms with Crippen molar-refractivity contribution in [3.05, 3.63) is 53.5 Å². The van der Waals surface area contributed by atoms with Gasteiger partial charge in [0.1, 0.15) is 11.5 Å². The van der Waals surface area contributed by atoms with E-state index in [1.165, 1.54) is 0 Å². The van der Waals surface area contributed by atoms with Gasteiger partial charge in [-0.05, 0) is 37.3 Å². The summed E-state index contributed by atoms with van der Waals surface area (Å²) in [7, 11) is 1.55. The molecule has 4 rings (SSSR count). The number of ether oxygens (including phenoxy) is 1. The molecule has 150 valence electrons. The highest BCUT2D eigenvalue weighted by Gasteiger charge is 2.26. The van der Waals surface area contributed by atoms with E-state index in [0.29, 0.717) is 43.3 Å². The van der Waals surface area contributed by atoms with E-state index in [2.05, 4.69) is 15.5 Å². The lowest BCUT2D eigenvalue weighted by Gasteiger charge is -2.32. The van der Waals surface area contributed by atoms with Crippen molar-refractivity contribution < 1.29 is 18.8 Å². The molecule has 1 fully saturated rings. The standard InChI is InChI=1S/C21H22N4O4/c1-13-11-17(24-29-13)19(26)22-15-7-9-25(10-8-15)21(27)18-12-14-5-3-4-6-16(14)20(23-18)28-2/h3-6,11-12,15H,7-10H2,1-2H3,(H,22,26). The number of carbonyl (C=O) groups excluding carboxylic acids is 2. The zero-order valence-corrected chi connectivity index (χ0v) is 16.3. The van der Waals surface area contributed by atoms with Crippen molar-refractivity contribution in [2.45, 2.75) is 25.8 Å². The van der Waals surface area contributed by atoms with E-state index in [0.717, 1.165) is 10.8 Å². The highest BCUT2D eigenvalue weighted by molar-refractivity contribution is 5.98. The van der Waals surface area contributed by atoms with Gasteiger partial charge < -0.3 is 19.5 Å². The molecule has 2 amide bonds. The Morgan fingerprint density at radius 2 is 1.93 bits per heavy atom. The number of likely N-dealkylation sites (tertiary alicyclic amines) is 1. The Morgan fingerprint density at radius 3 is 2.62 bits per heavy atom. The van der Waals surface area contributed by atoms with Crippen LogP contribution in [0.15, 0.2) is 40.9 Å². The number of benzene rings is 1. The maximum Gasteiger partial charge on any atom is 0.273 e. The predicted molar refractivity (Wildman–Crippen MR) is 106 cm³/mol. The van der Waals surface area contributed by atoms with Gasteiger partial charge in [0.25, 0.3) is 11.8 Å². The molecular formula is C21H22N4O4. The molecule has 0 aliphatic carbocycles. The molecule has 0 radical (unpaired) electrons. The SMILES string of the molecule is COc1nc(C(=O)N2CCC(NC(=O)c3cc(C)on3)CC2)cc2ccccc12. The predicted octanol–water partition coefficient (Wildman–Crippen LogP) is 2.57. The molecule has 0 spiro atoms. The fourth-order valence-corrected chi connectivity index (χ4v) is 3.55. The number of rotatable bonds is 4. The van der Waals surface area contributed by atoms with Crippen LogP contribution in [0.1, 0.15) is 39.6 Å². The summed E-state index contributed by atoms with van der Waals surface area (Å²) in [5, 5.41) is 8.47. The number of hydrogen-bond acceptors (Lipinski definition) is 6. The number of hydrogen-bond donors (Lipinski definition) is 1.